The summed E-state index contributed by atoms with van der Waals surface area (Å²) in [6.07, 6.45) is -1.36. The van der Waals surface area contributed by atoms with Crippen LogP contribution in [0, 0.1) is 11.8 Å². The zero-order valence-electron chi connectivity index (χ0n) is 12.1. The lowest BCUT2D eigenvalue weighted by atomic mass is 9.92. The molecule has 122 valence electrons. The summed E-state index contributed by atoms with van der Waals surface area (Å²) in [6, 6.07) is 0.895. The lowest BCUT2D eigenvalue weighted by molar-refractivity contribution is -0.142. The van der Waals surface area contributed by atoms with Gasteiger partial charge in [-0.2, -0.15) is 18.3 Å². The van der Waals surface area contributed by atoms with E-state index in [1.165, 1.54) is 6.20 Å². The highest BCUT2D eigenvalue weighted by Crippen LogP contribution is 2.28. The van der Waals surface area contributed by atoms with Gasteiger partial charge < -0.3 is 10.2 Å². The van der Waals surface area contributed by atoms with Gasteiger partial charge in [-0.15, -0.1) is 0 Å². The molecule has 0 radical (unpaired) electrons. The number of alkyl halides is 3. The van der Waals surface area contributed by atoms with E-state index < -0.39 is 11.9 Å². The van der Waals surface area contributed by atoms with Crippen LogP contribution in [0.2, 0.25) is 0 Å². The van der Waals surface area contributed by atoms with Gasteiger partial charge in [0.15, 0.2) is 5.69 Å². The van der Waals surface area contributed by atoms with E-state index in [0.717, 1.165) is 36.7 Å². The largest absolute Gasteiger partial charge is 0.435 e. The predicted octanol–water partition coefficient (Wildman–Crippen LogP) is 1.36. The van der Waals surface area contributed by atoms with Crippen LogP contribution in [-0.4, -0.2) is 46.8 Å². The molecule has 0 saturated carbocycles. The van der Waals surface area contributed by atoms with Gasteiger partial charge in [-0.05, 0) is 43.8 Å². The first-order valence-electron chi connectivity index (χ1n) is 7.52. The second-order valence-electron chi connectivity index (χ2n) is 6.03. The second kappa shape index (κ2) is 5.91. The lowest BCUT2D eigenvalue weighted by Crippen LogP contribution is -2.35. The van der Waals surface area contributed by atoms with Gasteiger partial charge in [0.2, 0.25) is 5.91 Å². The maximum atomic E-state index is 12.5. The average Bonchev–Trinajstić information content (AvgIpc) is 3.04. The van der Waals surface area contributed by atoms with Crippen LogP contribution >= 0.6 is 0 Å². The maximum absolute atomic E-state index is 12.5. The predicted molar refractivity (Wildman–Crippen MR) is 72.9 cm³/mol. The molecule has 5 nitrogen and oxygen atoms in total. The molecule has 0 aliphatic carbocycles. The Bertz CT molecular complexity index is 528. The number of rotatable bonds is 2. The number of carbonyl (C=O) groups excluding carboxylic acids is 1. The highest BCUT2D eigenvalue weighted by molar-refractivity contribution is 5.75. The minimum Gasteiger partial charge on any atom is -0.341 e. The lowest BCUT2D eigenvalue weighted by Gasteiger charge is -2.20. The molecule has 0 unspecified atom stereocenters. The van der Waals surface area contributed by atoms with Crippen LogP contribution in [0.15, 0.2) is 12.3 Å². The molecule has 8 heteroatoms. The van der Waals surface area contributed by atoms with Crippen molar-refractivity contribution in [1.82, 2.24) is 20.0 Å². The first-order chi connectivity index (χ1) is 10.4. The van der Waals surface area contributed by atoms with Gasteiger partial charge in [-0.25, -0.2) is 0 Å². The molecule has 3 rings (SSSR count). The summed E-state index contributed by atoms with van der Waals surface area (Å²) in [5, 5.41) is 6.80. The van der Waals surface area contributed by atoms with Crippen LogP contribution in [0.25, 0.3) is 0 Å². The van der Waals surface area contributed by atoms with Crippen LogP contribution in [0.3, 0.4) is 0 Å². The molecule has 3 heterocycles. The minimum absolute atomic E-state index is 0.135. The van der Waals surface area contributed by atoms with Crippen molar-refractivity contribution in [3.05, 3.63) is 18.0 Å². The third-order valence-corrected chi connectivity index (χ3v) is 4.60. The minimum atomic E-state index is -4.47. The molecule has 22 heavy (non-hydrogen) atoms. The summed E-state index contributed by atoms with van der Waals surface area (Å²) in [7, 11) is 0. The molecule has 2 atom stereocenters. The van der Waals surface area contributed by atoms with Crippen molar-refractivity contribution in [3.8, 4) is 0 Å². The van der Waals surface area contributed by atoms with Crippen LogP contribution in [-0.2, 0) is 17.5 Å². The van der Waals surface area contributed by atoms with Gasteiger partial charge >= 0.3 is 6.18 Å². The summed E-state index contributed by atoms with van der Waals surface area (Å²) in [5.41, 5.74) is -0.961. The first-order valence-corrected chi connectivity index (χ1v) is 7.52. The Morgan fingerprint density at radius 1 is 1.27 bits per heavy atom. The SMILES string of the molecule is O=C(Cn1ccc(C(F)(F)F)n1)N1CC[C@@H]2CNC[C@@H]2CC1. The van der Waals surface area contributed by atoms with E-state index in [1.807, 2.05) is 0 Å². The normalized spacial score (nSPS) is 25.9. The fourth-order valence-corrected chi connectivity index (χ4v) is 3.31. The zero-order chi connectivity index (χ0) is 15.7. The topological polar surface area (TPSA) is 50.2 Å². The quantitative estimate of drug-likeness (QED) is 0.896. The molecule has 1 aromatic heterocycles. The van der Waals surface area contributed by atoms with E-state index in [0.29, 0.717) is 24.9 Å². The molecule has 0 aromatic carbocycles. The van der Waals surface area contributed by atoms with Crippen molar-refractivity contribution < 1.29 is 18.0 Å². The number of nitrogens with zero attached hydrogens (tertiary/aromatic N) is 3. The van der Waals surface area contributed by atoms with Gasteiger partial charge in [0.25, 0.3) is 0 Å². The van der Waals surface area contributed by atoms with Gasteiger partial charge in [0.05, 0.1) is 0 Å². The molecule has 1 aromatic rings. The molecule has 2 fully saturated rings. The summed E-state index contributed by atoms with van der Waals surface area (Å²) < 4.78 is 38.6. The Morgan fingerprint density at radius 2 is 1.91 bits per heavy atom. The summed E-state index contributed by atoms with van der Waals surface area (Å²) >= 11 is 0. The van der Waals surface area contributed by atoms with Gasteiger partial charge in [-0.1, -0.05) is 0 Å². The number of hydrogen-bond acceptors (Lipinski definition) is 3. The highest BCUT2D eigenvalue weighted by atomic mass is 19.4. The van der Waals surface area contributed by atoms with E-state index in [2.05, 4.69) is 10.4 Å². The fraction of sp³-hybridized carbons (Fsp3) is 0.714. The molecule has 2 aliphatic rings. The van der Waals surface area contributed by atoms with E-state index in [-0.39, 0.29) is 12.5 Å². The Kier molecular flexibility index (Phi) is 4.12. The molecule has 2 saturated heterocycles. The van der Waals surface area contributed by atoms with Crippen molar-refractivity contribution in [1.29, 1.82) is 0 Å². The van der Waals surface area contributed by atoms with E-state index in [9.17, 15) is 18.0 Å². The Hall–Kier alpha value is -1.57. The van der Waals surface area contributed by atoms with Crippen molar-refractivity contribution in [2.75, 3.05) is 26.2 Å². The second-order valence-corrected chi connectivity index (χ2v) is 6.03. The van der Waals surface area contributed by atoms with Gasteiger partial charge in [0, 0.05) is 19.3 Å². The summed E-state index contributed by atoms with van der Waals surface area (Å²) in [5.74, 6) is 1.06. The molecule has 0 spiro atoms. The fourth-order valence-electron chi connectivity index (χ4n) is 3.31. The molecular weight excluding hydrogens is 297 g/mol. The third-order valence-electron chi connectivity index (χ3n) is 4.60. The Morgan fingerprint density at radius 3 is 2.45 bits per heavy atom. The van der Waals surface area contributed by atoms with Crippen LogP contribution < -0.4 is 5.32 Å². The van der Waals surface area contributed by atoms with Crippen LogP contribution in [0.4, 0.5) is 13.2 Å². The Labute approximate surface area is 126 Å². The summed E-state index contributed by atoms with van der Waals surface area (Å²) in [6.45, 7) is 3.22. The molecule has 1 amide bonds. The monoisotopic (exact) mass is 316 g/mol. The molecule has 2 aliphatic heterocycles. The van der Waals surface area contributed by atoms with Crippen molar-refractivity contribution >= 4 is 5.91 Å². The standard InChI is InChI=1S/C14H19F3N4O/c15-14(16,17)12-3-6-21(19-12)9-13(22)20-4-1-10-7-18-8-11(10)2-5-20/h3,6,10-11,18H,1-2,4-5,7-9H2/t10-,11+. The van der Waals surface area contributed by atoms with E-state index in [1.54, 1.807) is 4.90 Å². The van der Waals surface area contributed by atoms with Gasteiger partial charge in [0.1, 0.15) is 6.54 Å². The highest BCUT2D eigenvalue weighted by Gasteiger charge is 2.34. The number of fused-ring (bicyclic) bond motifs is 1. The van der Waals surface area contributed by atoms with Crippen LogP contribution in [0.1, 0.15) is 18.5 Å². The van der Waals surface area contributed by atoms with Gasteiger partial charge in [-0.3, -0.25) is 9.48 Å². The number of carbonyl (C=O) groups is 1. The number of likely N-dealkylation sites (tertiary alicyclic amines) is 1. The summed E-state index contributed by atoms with van der Waals surface area (Å²) in [4.78, 5) is 14.0. The number of hydrogen-bond donors (Lipinski definition) is 1. The van der Waals surface area contributed by atoms with Crippen molar-refractivity contribution in [2.24, 2.45) is 11.8 Å². The molecular formula is C14H19F3N4O. The number of aromatic nitrogens is 2. The molecule has 0 bridgehead atoms. The number of nitrogens with one attached hydrogen (secondary N) is 1. The van der Waals surface area contributed by atoms with Crippen molar-refractivity contribution in [2.45, 2.75) is 25.6 Å². The smallest absolute Gasteiger partial charge is 0.341 e. The third kappa shape index (κ3) is 3.26. The van der Waals surface area contributed by atoms with Crippen molar-refractivity contribution in [3.63, 3.8) is 0 Å². The first kappa shape index (κ1) is 15.3. The van der Waals surface area contributed by atoms with E-state index >= 15 is 0 Å². The Balaban J connectivity index is 1.59. The van der Waals surface area contributed by atoms with Crippen LogP contribution in [0.5, 0.6) is 0 Å². The number of amides is 1. The molecule has 1 N–H and O–H groups in total. The average molecular weight is 316 g/mol. The maximum Gasteiger partial charge on any atom is 0.435 e. The van der Waals surface area contributed by atoms with E-state index in [4.69, 9.17) is 0 Å². The number of halogens is 3. The zero-order valence-corrected chi connectivity index (χ0v) is 12.1.